The van der Waals surface area contributed by atoms with Crippen LogP contribution in [-0.4, -0.2) is 27.4 Å². The molecule has 0 aliphatic carbocycles. The summed E-state index contributed by atoms with van der Waals surface area (Å²) >= 11 is 8.94. The second-order valence-corrected chi connectivity index (χ2v) is 7.27. The number of hydrogen-bond acceptors (Lipinski definition) is 4. The van der Waals surface area contributed by atoms with E-state index in [0.717, 1.165) is 6.42 Å². The summed E-state index contributed by atoms with van der Waals surface area (Å²) in [6, 6.07) is 2.74. The second-order valence-electron chi connectivity index (χ2n) is 4.30. The fourth-order valence-corrected chi connectivity index (χ4v) is 3.83. The molecule has 0 heterocycles. The van der Waals surface area contributed by atoms with Gasteiger partial charge in [0.25, 0.3) is 0 Å². The Morgan fingerprint density at radius 1 is 1.38 bits per heavy atom. The largest absolute Gasteiger partial charge is 0.398 e. The van der Waals surface area contributed by atoms with Crippen molar-refractivity contribution in [1.29, 1.82) is 0 Å². The fourth-order valence-electron chi connectivity index (χ4n) is 1.51. The predicted octanol–water partition coefficient (Wildman–Crippen LogP) is 1.88. The molecule has 0 unspecified atom stereocenters. The van der Waals surface area contributed by atoms with E-state index in [1.165, 1.54) is 12.1 Å². The molecule has 9 heteroatoms. The van der Waals surface area contributed by atoms with Crippen molar-refractivity contribution in [2.75, 3.05) is 18.8 Å². The molecule has 0 aliphatic heterocycles. The van der Waals surface area contributed by atoms with Crippen molar-refractivity contribution in [1.82, 2.24) is 10.0 Å². The number of rotatable bonds is 7. The van der Waals surface area contributed by atoms with Crippen LogP contribution in [0.3, 0.4) is 0 Å². The molecule has 21 heavy (non-hydrogen) atoms. The normalized spacial score (nSPS) is 11.4. The van der Waals surface area contributed by atoms with Crippen LogP contribution in [0.5, 0.6) is 0 Å². The topological polar surface area (TPSA) is 101 Å². The van der Waals surface area contributed by atoms with E-state index in [1.807, 2.05) is 6.92 Å². The minimum absolute atomic E-state index is 0.00324. The quantitative estimate of drug-likeness (QED) is 0.610. The maximum atomic E-state index is 12.2. The van der Waals surface area contributed by atoms with Gasteiger partial charge in [0.1, 0.15) is 0 Å². The second kappa shape index (κ2) is 7.98. The van der Waals surface area contributed by atoms with Crippen LogP contribution in [0.15, 0.2) is 21.5 Å². The third-order valence-electron chi connectivity index (χ3n) is 2.54. The number of sulfonamides is 1. The number of nitrogens with one attached hydrogen (secondary N) is 2. The number of hydrogen-bond donors (Lipinski definition) is 3. The van der Waals surface area contributed by atoms with Gasteiger partial charge in [0.2, 0.25) is 15.9 Å². The summed E-state index contributed by atoms with van der Waals surface area (Å²) in [5, 5.41) is 2.88. The van der Waals surface area contributed by atoms with Crippen molar-refractivity contribution in [3.63, 3.8) is 0 Å². The molecule has 0 aromatic heterocycles. The molecule has 0 fully saturated rings. The molecule has 0 radical (unpaired) electrons. The van der Waals surface area contributed by atoms with Crippen LogP contribution >= 0.6 is 27.5 Å². The van der Waals surface area contributed by atoms with Gasteiger partial charge in [0.05, 0.1) is 9.37 Å². The first-order valence-corrected chi connectivity index (χ1v) is 8.94. The zero-order chi connectivity index (χ0) is 16.0. The van der Waals surface area contributed by atoms with Gasteiger partial charge in [-0.1, -0.05) is 18.5 Å². The molecule has 1 aromatic carbocycles. The molecule has 6 nitrogen and oxygen atoms in total. The number of nitrogen functional groups attached to an aromatic ring is 1. The molecule has 0 saturated heterocycles. The summed E-state index contributed by atoms with van der Waals surface area (Å²) in [4.78, 5) is 11.3. The molecule has 0 spiro atoms. The molecule has 1 amide bonds. The number of benzene rings is 1. The molecule has 1 aromatic rings. The smallest absolute Gasteiger partial charge is 0.241 e. The Kier molecular flexibility index (Phi) is 6.92. The Balaban J connectivity index is 2.73. The van der Waals surface area contributed by atoms with Crippen molar-refractivity contribution < 1.29 is 13.2 Å². The van der Waals surface area contributed by atoms with Crippen LogP contribution in [0, 0.1) is 0 Å². The van der Waals surface area contributed by atoms with Gasteiger partial charge in [0.15, 0.2) is 0 Å². The molecule has 1 rings (SSSR count). The van der Waals surface area contributed by atoms with E-state index in [0.29, 0.717) is 6.54 Å². The zero-order valence-corrected chi connectivity index (χ0v) is 14.6. The maximum Gasteiger partial charge on any atom is 0.241 e. The van der Waals surface area contributed by atoms with Crippen LogP contribution in [0.4, 0.5) is 5.69 Å². The van der Waals surface area contributed by atoms with Gasteiger partial charge < -0.3 is 11.1 Å². The summed E-state index contributed by atoms with van der Waals surface area (Å²) in [5.41, 5.74) is 5.89. The lowest BCUT2D eigenvalue weighted by atomic mass is 10.3. The van der Waals surface area contributed by atoms with Gasteiger partial charge in [-0.05, 0) is 34.5 Å². The van der Waals surface area contributed by atoms with Gasteiger partial charge in [-0.25, -0.2) is 13.1 Å². The monoisotopic (exact) mass is 397 g/mol. The van der Waals surface area contributed by atoms with Crippen LogP contribution in [-0.2, 0) is 14.8 Å². The molecule has 0 bridgehead atoms. The van der Waals surface area contributed by atoms with Crippen molar-refractivity contribution in [2.45, 2.75) is 24.7 Å². The highest BCUT2D eigenvalue weighted by Gasteiger charge is 2.20. The number of anilines is 1. The maximum absolute atomic E-state index is 12.2. The first kappa shape index (κ1) is 18.2. The van der Waals surface area contributed by atoms with E-state index in [-0.39, 0.29) is 39.0 Å². The van der Waals surface area contributed by atoms with Gasteiger partial charge >= 0.3 is 0 Å². The average molecular weight is 399 g/mol. The lowest BCUT2D eigenvalue weighted by Crippen LogP contribution is -2.31. The number of carbonyl (C=O) groups excluding carboxylic acids is 1. The summed E-state index contributed by atoms with van der Waals surface area (Å²) in [6.07, 6.45) is 0.888. The van der Waals surface area contributed by atoms with E-state index in [1.54, 1.807) is 0 Å². The minimum atomic E-state index is -3.79. The third-order valence-corrected chi connectivity index (χ3v) is 5.39. The van der Waals surface area contributed by atoms with Gasteiger partial charge in [-0.15, -0.1) is 0 Å². The van der Waals surface area contributed by atoms with Crippen molar-refractivity contribution in [3.8, 4) is 0 Å². The van der Waals surface area contributed by atoms with E-state index in [4.69, 9.17) is 17.3 Å². The Bertz CT molecular complexity index is 622. The summed E-state index contributed by atoms with van der Waals surface area (Å²) in [6.45, 7) is 2.50. The van der Waals surface area contributed by atoms with E-state index >= 15 is 0 Å². The highest BCUT2D eigenvalue weighted by atomic mass is 79.9. The predicted molar refractivity (Wildman–Crippen MR) is 86.7 cm³/mol. The highest BCUT2D eigenvalue weighted by molar-refractivity contribution is 9.10. The molecule has 0 aliphatic rings. The van der Waals surface area contributed by atoms with E-state index in [9.17, 15) is 13.2 Å². The molecule has 0 atom stereocenters. The minimum Gasteiger partial charge on any atom is -0.398 e. The lowest BCUT2D eigenvalue weighted by molar-refractivity contribution is -0.120. The molecular weight excluding hydrogens is 382 g/mol. The van der Waals surface area contributed by atoms with Crippen molar-refractivity contribution in [3.05, 3.63) is 21.6 Å². The lowest BCUT2D eigenvalue weighted by Gasteiger charge is -2.10. The van der Waals surface area contributed by atoms with Gasteiger partial charge in [-0.2, -0.15) is 0 Å². The molecular formula is C12H17BrClN3O3S. The first-order chi connectivity index (χ1) is 9.77. The Morgan fingerprint density at radius 3 is 2.67 bits per heavy atom. The zero-order valence-electron chi connectivity index (χ0n) is 11.4. The van der Waals surface area contributed by atoms with Crippen LogP contribution in [0.1, 0.15) is 19.8 Å². The Hall–Kier alpha value is -0.830. The highest BCUT2D eigenvalue weighted by Crippen LogP contribution is 2.31. The van der Waals surface area contributed by atoms with E-state index in [2.05, 4.69) is 26.0 Å². The number of carbonyl (C=O) groups is 1. The van der Waals surface area contributed by atoms with E-state index < -0.39 is 10.0 Å². The third kappa shape index (κ3) is 5.46. The molecule has 0 saturated carbocycles. The van der Waals surface area contributed by atoms with Crippen LogP contribution < -0.4 is 15.8 Å². The fraction of sp³-hybridized carbons (Fsp3) is 0.417. The summed E-state index contributed by atoms with van der Waals surface area (Å²) in [7, 11) is -3.79. The number of amides is 1. The standard InChI is InChI=1S/C12H17BrClN3O3S/c1-2-4-16-11(18)3-5-17-21(19,20)10-7-8(14)6-9(15)12(10)13/h6-7,17H,2-5,15H2,1H3,(H,16,18). The van der Waals surface area contributed by atoms with Crippen LogP contribution in [0.25, 0.3) is 0 Å². The Morgan fingerprint density at radius 2 is 2.05 bits per heavy atom. The van der Waals surface area contributed by atoms with Crippen molar-refractivity contribution >= 4 is 49.1 Å². The molecule has 118 valence electrons. The molecule has 4 N–H and O–H groups in total. The van der Waals surface area contributed by atoms with Crippen molar-refractivity contribution in [2.24, 2.45) is 0 Å². The average Bonchev–Trinajstić information content (AvgIpc) is 2.40. The number of halogens is 2. The Labute approximate surface area is 137 Å². The summed E-state index contributed by atoms with van der Waals surface area (Å²) < 4.78 is 26.9. The van der Waals surface area contributed by atoms with Gasteiger partial charge in [0, 0.05) is 30.2 Å². The van der Waals surface area contributed by atoms with Gasteiger partial charge in [-0.3, -0.25) is 4.79 Å². The van der Waals surface area contributed by atoms with Crippen LogP contribution in [0.2, 0.25) is 5.02 Å². The SMILES string of the molecule is CCCNC(=O)CCNS(=O)(=O)c1cc(Cl)cc(N)c1Br. The first-order valence-electron chi connectivity index (χ1n) is 6.28. The summed E-state index contributed by atoms with van der Waals surface area (Å²) in [5.74, 6) is -0.204. The number of nitrogens with two attached hydrogens (primary N) is 1.